The van der Waals surface area contributed by atoms with Gasteiger partial charge in [-0.05, 0) is 30.2 Å². The number of amides is 1. The van der Waals surface area contributed by atoms with Gasteiger partial charge in [0, 0.05) is 18.7 Å². The molecule has 3 rings (SSSR count). The normalized spacial score (nSPS) is 24.0. The lowest BCUT2D eigenvalue weighted by Crippen LogP contribution is -2.63. The lowest BCUT2D eigenvalue weighted by atomic mass is 9.91. The quantitative estimate of drug-likeness (QED) is 0.745. The first-order valence-electron chi connectivity index (χ1n) is 6.91. The summed E-state index contributed by atoms with van der Waals surface area (Å²) >= 11 is 0. The van der Waals surface area contributed by atoms with Crippen LogP contribution >= 0.6 is 0 Å². The van der Waals surface area contributed by atoms with Gasteiger partial charge in [0.15, 0.2) is 6.23 Å². The van der Waals surface area contributed by atoms with E-state index in [-0.39, 0.29) is 24.6 Å². The Hall–Kier alpha value is -2.29. The third kappa shape index (κ3) is 2.83. The smallest absolute Gasteiger partial charge is 0.490 e. The molecule has 0 spiro atoms. The van der Waals surface area contributed by atoms with E-state index >= 15 is 0 Å². The molecular formula is C14H13F3N2O4. The van der Waals surface area contributed by atoms with E-state index in [9.17, 15) is 27.9 Å². The van der Waals surface area contributed by atoms with Crippen molar-refractivity contribution in [3.63, 3.8) is 0 Å². The van der Waals surface area contributed by atoms with Gasteiger partial charge in [0.1, 0.15) is 5.75 Å². The van der Waals surface area contributed by atoms with E-state index in [1.54, 1.807) is 0 Å². The summed E-state index contributed by atoms with van der Waals surface area (Å²) in [4.78, 5) is 24.9. The number of carbonyl (C=O) groups is 2. The molecule has 124 valence electrons. The standard InChI is InChI=1S/C14H13F3N2O4/c15-14(16,17)13(22)23-11-10-6-7-5-8(20)1-2-9(7)12(21)19(10)4-3-18-11/h1-2,5,10-11,18,20H,3-4,6H2. The SMILES string of the molecule is O=C1c2ccc(O)cc2CC2C(OC(=O)C(F)(F)F)NCCN12. The van der Waals surface area contributed by atoms with Crippen LogP contribution in [-0.4, -0.2) is 53.4 Å². The molecule has 23 heavy (non-hydrogen) atoms. The van der Waals surface area contributed by atoms with Crippen molar-refractivity contribution in [3.05, 3.63) is 29.3 Å². The second kappa shape index (κ2) is 5.41. The summed E-state index contributed by atoms with van der Waals surface area (Å²) in [6.07, 6.45) is -6.17. The molecule has 1 aromatic carbocycles. The summed E-state index contributed by atoms with van der Waals surface area (Å²) in [6.45, 7) is 0.509. The number of aromatic hydroxyl groups is 1. The maximum atomic E-state index is 12.4. The molecule has 1 amide bonds. The Labute approximate surface area is 128 Å². The minimum Gasteiger partial charge on any atom is -0.508 e. The molecule has 0 saturated carbocycles. The largest absolute Gasteiger partial charge is 0.508 e. The Morgan fingerprint density at radius 2 is 2.13 bits per heavy atom. The first-order chi connectivity index (χ1) is 10.8. The summed E-state index contributed by atoms with van der Waals surface area (Å²) in [5.41, 5.74) is 0.898. The van der Waals surface area contributed by atoms with E-state index in [1.165, 1.54) is 23.1 Å². The number of rotatable bonds is 1. The van der Waals surface area contributed by atoms with Crippen molar-refractivity contribution in [3.8, 4) is 5.75 Å². The van der Waals surface area contributed by atoms with Gasteiger partial charge in [-0.15, -0.1) is 0 Å². The fourth-order valence-electron chi connectivity index (χ4n) is 2.90. The number of esters is 1. The number of phenols is 1. The number of halogens is 3. The number of fused-ring (bicyclic) bond motifs is 2. The summed E-state index contributed by atoms with van der Waals surface area (Å²) < 4.78 is 41.6. The number of ether oxygens (including phenoxy) is 1. The zero-order chi connectivity index (χ0) is 16.8. The van der Waals surface area contributed by atoms with Crippen LogP contribution in [0.3, 0.4) is 0 Å². The molecule has 0 aromatic heterocycles. The fourth-order valence-corrected chi connectivity index (χ4v) is 2.90. The molecule has 1 aromatic rings. The first-order valence-corrected chi connectivity index (χ1v) is 6.91. The molecule has 2 aliphatic heterocycles. The van der Waals surface area contributed by atoms with Crippen LogP contribution in [0.5, 0.6) is 5.75 Å². The summed E-state index contributed by atoms with van der Waals surface area (Å²) in [5, 5.41) is 12.2. The van der Waals surface area contributed by atoms with Crippen molar-refractivity contribution in [2.24, 2.45) is 0 Å². The van der Waals surface area contributed by atoms with Gasteiger partial charge in [0.05, 0.1) is 6.04 Å². The van der Waals surface area contributed by atoms with E-state index in [2.05, 4.69) is 10.1 Å². The Kier molecular flexibility index (Phi) is 3.67. The molecular weight excluding hydrogens is 317 g/mol. The lowest BCUT2D eigenvalue weighted by Gasteiger charge is -2.44. The highest BCUT2D eigenvalue weighted by atomic mass is 19.4. The highest BCUT2D eigenvalue weighted by molar-refractivity contribution is 5.97. The first kappa shape index (κ1) is 15.6. The van der Waals surface area contributed by atoms with Crippen LogP contribution in [0.25, 0.3) is 0 Å². The summed E-state index contributed by atoms with van der Waals surface area (Å²) in [7, 11) is 0. The van der Waals surface area contributed by atoms with E-state index in [1.807, 2.05) is 0 Å². The van der Waals surface area contributed by atoms with Crippen molar-refractivity contribution in [1.82, 2.24) is 10.2 Å². The number of hydrogen-bond donors (Lipinski definition) is 2. The molecule has 1 saturated heterocycles. The zero-order valence-corrected chi connectivity index (χ0v) is 11.8. The monoisotopic (exact) mass is 330 g/mol. The molecule has 2 N–H and O–H groups in total. The van der Waals surface area contributed by atoms with Crippen LogP contribution in [0, 0.1) is 0 Å². The topological polar surface area (TPSA) is 78.9 Å². The van der Waals surface area contributed by atoms with Crippen LogP contribution in [0.2, 0.25) is 0 Å². The molecule has 0 bridgehead atoms. The van der Waals surface area contributed by atoms with Crippen molar-refractivity contribution in [2.75, 3.05) is 13.1 Å². The molecule has 2 atom stereocenters. The molecule has 9 heteroatoms. The Morgan fingerprint density at radius 1 is 1.39 bits per heavy atom. The van der Waals surface area contributed by atoms with E-state index in [0.717, 1.165) is 0 Å². The molecule has 2 heterocycles. The van der Waals surface area contributed by atoms with E-state index < -0.39 is 24.4 Å². The van der Waals surface area contributed by atoms with Crippen LogP contribution in [-0.2, 0) is 16.0 Å². The third-order valence-corrected chi connectivity index (χ3v) is 3.92. The minimum absolute atomic E-state index is 0.0439. The van der Waals surface area contributed by atoms with Crippen LogP contribution in [0.4, 0.5) is 13.2 Å². The van der Waals surface area contributed by atoms with Gasteiger partial charge in [-0.25, -0.2) is 4.79 Å². The highest BCUT2D eigenvalue weighted by Crippen LogP contribution is 2.30. The zero-order valence-electron chi connectivity index (χ0n) is 11.8. The highest BCUT2D eigenvalue weighted by Gasteiger charge is 2.46. The van der Waals surface area contributed by atoms with Crippen LogP contribution < -0.4 is 5.32 Å². The van der Waals surface area contributed by atoms with Gasteiger partial charge < -0.3 is 14.7 Å². The van der Waals surface area contributed by atoms with Crippen molar-refractivity contribution in [1.29, 1.82) is 0 Å². The van der Waals surface area contributed by atoms with Crippen LogP contribution in [0.15, 0.2) is 18.2 Å². The number of alkyl halides is 3. The third-order valence-electron chi connectivity index (χ3n) is 3.92. The number of phenolic OH excluding ortho intramolecular Hbond substituents is 1. The van der Waals surface area contributed by atoms with Gasteiger partial charge in [0.25, 0.3) is 5.91 Å². The number of carbonyl (C=O) groups excluding carboxylic acids is 2. The number of hydrogen-bond acceptors (Lipinski definition) is 5. The molecule has 0 radical (unpaired) electrons. The summed E-state index contributed by atoms with van der Waals surface area (Å²) in [5.74, 6) is -2.70. The van der Waals surface area contributed by atoms with Crippen molar-refractivity contribution < 1.29 is 32.6 Å². The number of benzene rings is 1. The number of nitrogens with zero attached hydrogens (tertiary/aromatic N) is 1. The predicted octanol–water partition coefficient (Wildman–Crippen LogP) is 0.794. The molecule has 2 unspecified atom stereocenters. The van der Waals surface area contributed by atoms with E-state index in [0.29, 0.717) is 17.7 Å². The average molecular weight is 330 g/mol. The van der Waals surface area contributed by atoms with Gasteiger partial charge in [-0.2, -0.15) is 13.2 Å². The van der Waals surface area contributed by atoms with Crippen LogP contribution in [0.1, 0.15) is 15.9 Å². The second-order valence-corrected chi connectivity index (χ2v) is 5.39. The van der Waals surface area contributed by atoms with Gasteiger partial charge in [-0.3, -0.25) is 10.1 Å². The van der Waals surface area contributed by atoms with Gasteiger partial charge in [0.2, 0.25) is 0 Å². The number of nitrogens with one attached hydrogen (secondary N) is 1. The lowest BCUT2D eigenvalue weighted by molar-refractivity contribution is -0.210. The predicted molar refractivity (Wildman–Crippen MR) is 70.6 cm³/mol. The van der Waals surface area contributed by atoms with Crippen molar-refractivity contribution in [2.45, 2.75) is 24.9 Å². The summed E-state index contributed by atoms with van der Waals surface area (Å²) in [6, 6.07) is 3.49. The fraction of sp³-hybridized carbons (Fsp3) is 0.429. The molecule has 1 fully saturated rings. The Balaban J connectivity index is 1.87. The molecule has 6 nitrogen and oxygen atoms in total. The van der Waals surface area contributed by atoms with Gasteiger partial charge in [-0.1, -0.05) is 0 Å². The minimum atomic E-state index is -5.10. The Morgan fingerprint density at radius 3 is 2.83 bits per heavy atom. The molecule has 0 aliphatic carbocycles. The van der Waals surface area contributed by atoms with E-state index in [4.69, 9.17) is 0 Å². The van der Waals surface area contributed by atoms with Gasteiger partial charge >= 0.3 is 12.1 Å². The second-order valence-electron chi connectivity index (χ2n) is 5.39. The average Bonchev–Trinajstić information content (AvgIpc) is 2.47. The van der Waals surface area contributed by atoms with Crippen molar-refractivity contribution >= 4 is 11.9 Å². The number of piperazine rings is 1. The maximum Gasteiger partial charge on any atom is 0.490 e. The maximum absolute atomic E-state index is 12.4. The molecule has 2 aliphatic rings. The Bertz CT molecular complexity index is 662.